The van der Waals surface area contributed by atoms with Gasteiger partial charge < -0.3 is 4.74 Å². The molecule has 1 aromatic heterocycles. The van der Waals surface area contributed by atoms with Crippen LogP contribution in [0.5, 0.6) is 11.6 Å². The van der Waals surface area contributed by atoms with Gasteiger partial charge in [0.1, 0.15) is 11.6 Å². The first-order valence-electron chi connectivity index (χ1n) is 5.02. The van der Waals surface area contributed by atoms with E-state index in [0.29, 0.717) is 4.47 Å². The molecule has 0 aliphatic carbocycles. The van der Waals surface area contributed by atoms with E-state index >= 15 is 0 Å². The molecule has 2 nitrogen and oxygen atoms in total. The number of halogens is 5. The van der Waals surface area contributed by atoms with Gasteiger partial charge in [0, 0.05) is 18.3 Å². The summed E-state index contributed by atoms with van der Waals surface area (Å²) in [6.07, 6.45) is -3.51. The normalized spacial score (nSPS) is 11.4. The van der Waals surface area contributed by atoms with Gasteiger partial charge in [-0.25, -0.2) is 9.37 Å². The maximum Gasteiger partial charge on any atom is 0.416 e. The molecule has 0 saturated carbocycles. The summed E-state index contributed by atoms with van der Waals surface area (Å²) in [6.45, 7) is 0. The van der Waals surface area contributed by atoms with Crippen LogP contribution in [0.3, 0.4) is 0 Å². The summed E-state index contributed by atoms with van der Waals surface area (Å²) in [5.41, 5.74) is -0.884. The molecule has 0 spiro atoms. The number of nitrogens with zero attached hydrogens (tertiary/aromatic N) is 1. The molecule has 2 aromatic rings. The molecular weight excluding hydrogens is 330 g/mol. The molecule has 19 heavy (non-hydrogen) atoms. The van der Waals surface area contributed by atoms with Crippen molar-refractivity contribution < 1.29 is 22.3 Å². The summed E-state index contributed by atoms with van der Waals surface area (Å²) in [5, 5.41) is 0. The second kappa shape index (κ2) is 5.16. The third kappa shape index (κ3) is 3.44. The van der Waals surface area contributed by atoms with Crippen molar-refractivity contribution in [3.8, 4) is 11.6 Å². The maximum absolute atomic E-state index is 13.0. The molecule has 0 atom stereocenters. The summed E-state index contributed by atoms with van der Waals surface area (Å²) < 4.78 is 56.0. The Hall–Kier alpha value is -1.63. The number of alkyl halides is 3. The lowest BCUT2D eigenvalue weighted by Gasteiger charge is -2.10. The van der Waals surface area contributed by atoms with E-state index < -0.39 is 17.6 Å². The number of rotatable bonds is 2. The van der Waals surface area contributed by atoms with E-state index in [4.69, 9.17) is 4.74 Å². The zero-order chi connectivity index (χ0) is 14.0. The van der Waals surface area contributed by atoms with Crippen LogP contribution in [-0.2, 0) is 6.18 Å². The Morgan fingerprint density at radius 3 is 2.53 bits per heavy atom. The highest BCUT2D eigenvalue weighted by atomic mass is 79.9. The largest absolute Gasteiger partial charge is 0.438 e. The highest BCUT2D eigenvalue weighted by Gasteiger charge is 2.31. The van der Waals surface area contributed by atoms with Crippen LogP contribution in [0.2, 0.25) is 0 Å². The Kier molecular flexibility index (Phi) is 3.75. The Balaban J connectivity index is 2.31. The van der Waals surface area contributed by atoms with Crippen molar-refractivity contribution in [3.05, 3.63) is 52.4 Å². The van der Waals surface area contributed by atoms with Crippen molar-refractivity contribution in [1.29, 1.82) is 0 Å². The van der Waals surface area contributed by atoms with E-state index in [-0.39, 0.29) is 11.6 Å². The van der Waals surface area contributed by atoms with E-state index in [1.807, 2.05) is 0 Å². The second-order valence-electron chi connectivity index (χ2n) is 3.56. The lowest BCUT2D eigenvalue weighted by atomic mass is 10.2. The van der Waals surface area contributed by atoms with Gasteiger partial charge in [0.2, 0.25) is 5.88 Å². The number of hydrogen-bond acceptors (Lipinski definition) is 2. The molecule has 0 fully saturated rings. The molecule has 0 amide bonds. The summed E-state index contributed by atoms with van der Waals surface area (Å²) in [6, 6.07) is 5.20. The molecule has 2 rings (SSSR count). The van der Waals surface area contributed by atoms with Gasteiger partial charge in [-0.1, -0.05) is 0 Å². The summed E-state index contributed by atoms with van der Waals surface area (Å²) in [4.78, 5) is 3.65. The van der Waals surface area contributed by atoms with Gasteiger partial charge in [-0.3, -0.25) is 0 Å². The number of ether oxygens (including phenoxy) is 1. The molecule has 0 radical (unpaired) electrons. The highest BCUT2D eigenvalue weighted by Crippen LogP contribution is 2.33. The molecule has 0 bridgehead atoms. The van der Waals surface area contributed by atoms with Gasteiger partial charge in [-0.2, -0.15) is 13.2 Å². The van der Waals surface area contributed by atoms with Crippen molar-refractivity contribution >= 4 is 15.9 Å². The molecule has 0 N–H and O–H groups in total. The van der Waals surface area contributed by atoms with Crippen LogP contribution >= 0.6 is 15.9 Å². The quantitative estimate of drug-likeness (QED) is 0.736. The van der Waals surface area contributed by atoms with Crippen molar-refractivity contribution in [1.82, 2.24) is 4.98 Å². The minimum Gasteiger partial charge on any atom is -0.438 e. The van der Waals surface area contributed by atoms with Crippen LogP contribution < -0.4 is 4.74 Å². The van der Waals surface area contributed by atoms with Crippen LogP contribution in [-0.4, -0.2) is 4.98 Å². The average Bonchev–Trinajstić information content (AvgIpc) is 2.33. The SMILES string of the molecule is Fc1ccc(Br)c(Oc2cc(C(F)(F)F)ccn2)c1. The smallest absolute Gasteiger partial charge is 0.416 e. The number of hydrogen-bond donors (Lipinski definition) is 0. The predicted molar refractivity (Wildman–Crippen MR) is 63.4 cm³/mol. The van der Waals surface area contributed by atoms with Crippen LogP contribution in [0, 0.1) is 5.82 Å². The van der Waals surface area contributed by atoms with Crippen molar-refractivity contribution in [2.75, 3.05) is 0 Å². The summed E-state index contributed by atoms with van der Waals surface area (Å²) in [7, 11) is 0. The van der Waals surface area contributed by atoms with Crippen molar-refractivity contribution in [2.24, 2.45) is 0 Å². The van der Waals surface area contributed by atoms with Gasteiger partial charge in [-0.15, -0.1) is 0 Å². The molecule has 0 unspecified atom stereocenters. The fourth-order valence-electron chi connectivity index (χ4n) is 1.31. The third-order valence-electron chi connectivity index (χ3n) is 2.17. The average molecular weight is 336 g/mol. The van der Waals surface area contributed by atoms with Gasteiger partial charge >= 0.3 is 6.18 Å². The lowest BCUT2D eigenvalue weighted by Crippen LogP contribution is -2.05. The molecule has 1 aromatic carbocycles. The van der Waals surface area contributed by atoms with E-state index in [0.717, 1.165) is 24.4 Å². The van der Waals surface area contributed by atoms with Gasteiger partial charge in [0.05, 0.1) is 10.0 Å². The number of pyridine rings is 1. The topological polar surface area (TPSA) is 22.1 Å². The van der Waals surface area contributed by atoms with Crippen LogP contribution in [0.15, 0.2) is 41.0 Å². The Labute approximate surface area is 114 Å². The number of aromatic nitrogens is 1. The van der Waals surface area contributed by atoms with Crippen LogP contribution in [0.1, 0.15) is 5.56 Å². The molecule has 0 saturated heterocycles. The molecule has 1 heterocycles. The standard InChI is InChI=1S/C12H6BrF4NO/c13-9-2-1-8(14)6-10(9)19-11-5-7(3-4-18-11)12(15,16)17/h1-6H. The minimum atomic E-state index is -4.49. The molecular formula is C12H6BrF4NO. The molecule has 0 aliphatic rings. The molecule has 0 aliphatic heterocycles. The predicted octanol–water partition coefficient (Wildman–Crippen LogP) is 4.79. The van der Waals surface area contributed by atoms with Gasteiger partial charge in [0.25, 0.3) is 0 Å². The van der Waals surface area contributed by atoms with E-state index in [1.54, 1.807) is 0 Å². The first-order chi connectivity index (χ1) is 8.86. The lowest BCUT2D eigenvalue weighted by molar-refractivity contribution is -0.137. The van der Waals surface area contributed by atoms with Crippen LogP contribution in [0.25, 0.3) is 0 Å². The highest BCUT2D eigenvalue weighted by molar-refractivity contribution is 9.10. The second-order valence-corrected chi connectivity index (χ2v) is 4.41. The zero-order valence-electron chi connectivity index (χ0n) is 9.21. The van der Waals surface area contributed by atoms with Crippen molar-refractivity contribution in [3.63, 3.8) is 0 Å². The first-order valence-corrected chi connectivity index (χ1v) is 5.82. The molecule has 7 heteroatoms. The van der Waals surface area contributed by atoms with E-state index in [2.05, 4.69) is 20.9 Å². The third-order valence-corrected chi connectivity index (χ3v) is 2.83. The summed E-state index contributed by atoms with van der Waals surface area (Å²) in [5.74, 6) is -0.780. The minimum absolute atomic E-state index is 0.0480. The van der Waals surface area contributed by atoms with Crippen LogP contribution in [0.4, 0.5) is 17.6 Å². The monoisotopic (exact) mass is 335 g/mol. The fraction of sp³-hybridized carbons (Fsp3) is 0.0833. The fourth-order valence-corrected chi connectivity index (χ4v) is 1.64. The van der Waals surface area contributed by atoms with E-state index in [9.17, 15) is 17.6 Å². The first kappa shape index (κ1) is 13.8. The van der Waals surface area contributed by atoms with Gasteiger partial charge in [-0.05, 0) is 34.1 Å². The molecule has 100 valence electrons. The summed E-state index contributed by atoms with van der Waals surface area (Å²) >= 11 is 3.10. The maximum atomic E-state index is 13.0. The number of benzene rings is 1. The van der Waals surface area contributed by atoms with Gasteiger partial charge in [0.15, 0.2) is 0 Å². The van der Waals surface area contributed by atoms with Crippen molar-refractivity contribution in [2.45, 2.75) is 6.18 Å². The van der Waals surface area contributed by atoms with E-state index in [1.165, 1.54) is 12.1 Å². The Morgan fingerprint density at radius 2 is 1.84 bits per heavy atom. The Bertz CT molecular complexity index is 601. The zero-order valence-corrected chi connectivity index (χ0v) is 10.8. The Morgan fingerprint density at radius 1 is 1.11 bits per heavy atom.